The number of ketones is 1. The van der Waals surface area contributed by atoms with Crippen LogP contribution in [0.2, 0.25) is 0 Å². The molecule has 0 saturated heterocycles. The Bertz CT molecular complexity index is 1780. The molecule has 2 aliphatic carbocycles. The lowest BCUT2D eigenvalue weighted by Crippen LogP contribution is -2.66. The molecule has 0 heterocycles. The van der Waals surface area contributed by atoms with E-state index in [1.165, 1.54) is 14.0 Å². The molecule has 0 bridgehead atoms. The molecule has 0 spiro atoms. The molecule has 0 saturated carbocycles. The Morgan fingerprint density at radius 2 is 1.02 bits per heavy atom. The second-order valence-corrected chi connectivity index (χ2v) is 13.2. The van der Waals surface area contributed by atoms with Crippen LogP contribution in [0, 0.1) is 11.3 Å². The first-order valence-electron chi connectivity index (χ1n) is 16.1. The number of carbonyl (C=O) groups excluding carboxylic acids is 4. The van der Waals surface area contributed by atoms with Crippen molar-refractivity contribution in [2.45, 2.75) is 58.0 Å². The number of amides is 2. The number of carbonyl (C=O) groups is 4. The van der Waals surface area contributed by atoms with Crippen LogP contribution >= 0.6 is 0 Å². The monoisotopic (exact) mass is 628 g/mol. The average Bonchev–Trinajstić information content (AvgIpc) is 3.31. The summed E-state index contributed by atoms with van der Waals surface area (Å²) >= 11 is 0. The number of ether oxygens (including phenoxy) is 1. The Kier molecular flexibility index (Phi) is 8.58. The first kappa shape index (κ1) is 31.9. The Labute approximate surface area is 275 Å². The molecule has 4 aromatic carbocycles. The van der Waals surface area contributed by atoms with E-state index in [-0.39, 0.29) is 43.3 Å². The molecule has 2 N–H and O–H groups in total. The van der Waals surface area contributed by atoms with E-state index in [1.807, 2.05) is 111 Å². The van der Waals surface area contributed by atoms with Gasteiger partial charge in [-0.1, -0.05) is 111 Å². The van der Waals surface area contributed by atoms with Gasteiger partial charge >= 0.3 is 5.97 Å². The number of methoxy groups -OCH3 is 1. The van der Waals surface area contributed by atoms with Crippen molar-refractivity contribution in [3.8, 4) is 22.3 Å². The van der Waals surface area contributed by atoms with Gasteiger partial charge in [0.05, 0.1) is 7.11 Å². The summed E-state index contributed by atoms with van der Waals surface area (Å²) in [6.45, 7) is 5.06. The van der Waals surface area contributed by atoms with E-state index in [9.17, 15) is 9.59 Å². The highest BCUT2D eigenvalue weighted by Crippen LogP contribution is 2.46. The van der Waals surface area contributed by atoms with E-state index in [0.717, 1.165) is 44.5 Å². The van der Waals surface area contributed by atoms with Crippen molar-refractivity contribution in [2.75, 3.05) is 7.11 Å². The van der Waals surface area contributed by atoms with Crippen molar-refractivity contribution in [2.24, 2.45) is 11.3 Å². The van der Waals surface area contributed by atoms with E-state index in [0.29, 0.717) is 0 Å². The van der Waals surface area contributed by atoms with Crippen LogP contribution in [0.3, 0.4) is 0 Å². The van der Waals surface area contributed by atoms with Gasteiger partial charge in [-0.15, -0.1) is 0 Å². The van der Waals surface area contributed by atoms with E-state index in [1.54, 1.807) is 0 Å². The van der Waals surface area contributed by atoms with Crippen molar-refractivity contribution >= 4 is 23.6 Å². The van der Waals surface area contributed by atoms with Crippen LogP contribution < -0.4 is 10.6 Å². The summed E-state index contributed by atoms with van der Waals surface area (Å²) in [7, 11) is 1.29. The highest BCUT2D eigenvalue weighted by Gasteiger charge is 2.57. The normalized spacial score (nSPS) is 16.1. The first-order chi connectivity index (χ1) is 22.6. The maximum absolute atomic E-state index is 15.9. The smallest absolute Gasteiger partial charge is 0.328 e. The standard InChI is InChI=1S/C40H40N2O5/c1-25(2)35(36(44)47-4)41-38(46)39(21-27-13-5-9-17-31(27)32-18-10-6-14-28(32)22-39)37(45)40(42-26(3)43)23-29-15-7-11-19-33(29)34-20-12-8-16-30(34)24-40/h5-20,25,35H,21-24H2,1-4H3,(H,41,46)(H,42,43)/t35-/m0/s1. The summed E-state index contributed by atoms with van der Waals surface area (Å²) in [6, 6.07) is 30.5. The molecule has 2 aliphatic rings. The number of Topliss-reactive ketones (excluding diaryl/α,β-unsaturated/α-hetero) is 1. The molecular formula is C40H40N2O5. The molecule has 0 radical (unpaired) electrons. The molecule has 7 heteroatoms. The molecule has 6 rings (SSSR count). The molecule has 7 nitrogen and oxygen atoms in total. The number of nitrogens with one attached hydrogen (secondary N) is 2. The van der Waals surface area contributed by atoms with E-state index >= 15 is 9.59 Å². The van der Waals surface area contributed by atoms with Crippen molar-refractivity contribution in [3.05, 3.63) is 119 Å². The lowest BCUT2D eigenvalue weighted by atomic mass is 9.64. The topological polar surface area (TPSA) is 102 Å². The van der Waals surface area contributed by atoms with Gasteiger partial charge in [-0.3, -0.25) is 14.4 Å². The Balaban J connectivity index is 1.61. The fourth-order valence-electron chi connectivity index (χ4n) is 7.60. The van der Waals surface area contributed by atoms with Crippen molar-refractivity contribution in [3.63, 3.8) is 0 Å². The molecule has 0 unspecified atom stereocenters. The Hall–Kier alpha value is -5.04. The van der Waals surface area contributed by atoms with Gasteiger partial charge in [0.1, 0.15) is 17.0 Å². The first-order valence-corrected chi connectivity index (χ1v) is 16.1. The van der Waals surface area contributed by atoms with Crippen LogP contribution in [-0.2, 0) is 49.6 Å². The van der Waals surface area contributed by atoms with Gasteiger partial charge in [-0.2, -0.15) is 0 Å². The zero-order valence-electron chi connectivity index (χ0n) is 27.3. The summed E-state index contributed by atoms with van der Waals surface area (Å²) in [4.78, 5) is 57.1. The summed E-state index contributed by atoms with van der Waals surface area (Å²) in [5.41, 5.74) is 4.19. The summed E-state index contributed by atoms with van der Waals surface area (Å²) in [5.74, 6) is -2.20. The second kappa shape index (κ2) is 12.6. The average molecular weight is 629 g/mol. The number of hydrogen-bond acceptors (Lipinski definition) is 5. The van der Waals surface area contributed by atoms with Crippen LogP contribution in [0.1, 0.15) is 43.0 Å². The maximum atomic E-state index is 15.9. The van der Waals surface area contributed by atoms with E-state index in [2.05, 4.69) is 10.6 Å². The largest absolute Gasteiger partial charge is 0.467 e. The van der Waals surface area contributed by atoms with Gasteiger partial charge in [0.15, 0.2) is 5.78 Å². The second-order valence-electron chi connectivity index (χ2n) is 13.2. The molecule has 47 heavy (non-hydrogen) atoms. The predicted molar refractivity (Wildman–Crippen MR) is 181 cm³/mol. The minimum Gasteiger partial charge on any atom is -0.467 e. The van der Waals surface area contributed by atoms with Gasteiger partial charge in [-0.25, -0.2) is 4.79 Å². The van der Waals surface area contributed by atoms with E-state index in [4.69, 9.17) is 4.74 Å². The highest BCUT2D eigenvalue weighted by molar-refractivity contribution is 6.13. The van der Waals surface area contributed by atoms with Crippen LogP contribution in [0.25, 0.3) is 22.3 Å². The third kappa shape index (κ3) is 5.75. The lowest BCUT2D eigenvalue weighted by Gasteiger charge is -2.42. The zero-order valence-corrected chi connectivity index (χ0v) is 27.3. The number of benzene rings is 4. The predicted octanol–water partition coefficient (Wildman–Crippen LogP) is 5.66. The maximum Gasteiger partial charge on any atom is 0.328 e. The molecule has 0 aliphatic heterocycles. The minimum atomic E-state index is -1.69. The highest BCUT2D eigenvalue weighted by atomic mass is 16.5. The number of esters is 1. The quantitative estimate of drug-likeness (QED) is 0.203. The van der Waals surface area contributed by atoms with Crippen LogP contribution in [-0.4, -0.2) is 42.3 Å². The third-order valence-electron chi connectivity index (χ3n) is 9.75. The third-order valence-corrected chi connectivity index (χ3v) is 9.75. The van der Waals surface area contributed by atoms with Gasteiger partial charge in [0.25, 0.3) is 0 Å². The summed E-state index contributed by atoms with van der Waals surface area (Å²) in [5, 5.41) is 6.08. The molecule has 2 amide bonds. The van der Waals surface area contributed by atoms with Crippen molar-refractivity contribution < 1.29 is 23.9 Å². The fourth-order valence-corrected chi connectivity index (χ4v) is 7.60. The van der Waals surface area contributed by atoms with E-state index < -0.39 is 28.9 Å². The summed E-state index contributed by atoms with van der Waals surface area (Å²) < 4.78 is 5.08. The SMILES string of the molecule is COC(=O)[C@@H](NC(=O)C1(C(=O)C2(NC(C)=O)Cc3ccccc3-c3ccccc3C2)Cc2ccccc2-c2ccccc2C1)C(C)C. The molecular weight excluding hydrogens is 588 g/mol. The summed E-state index contributed by atoms with van der Waals surface area (Å²) in [6.07, 6.45) is 0.552. The molecule has 4 aromatic rings. The molecule has 0 fully saturated rings. The fraction of sp³-hybridized carbons (Fsp3) is 0.300. The van der Waals surface area contributed by atoms with Gasteiger partial charge in [0, 0.05) is 19.8 Å². The van der Waals surface area contributed by atoms with Crippen LogP contribution in [0.4, 0.5) is 0 Å². The van der Waals surface area contributed by atoms with Crippen LogP contribution in [0.5, 0.6) is 0 Å². The number of fused-ring (bicyclic) bond motifs is 6. The number of hydrogen-bond donors (Lipinski definition) is 2. The molecule has 240 valence electrons. The molecule has 1 atom stereocenters. The van der Waals surface area contributed by atoms with Crippen LogP contribution in [0.15, 0.2) is 97.1 Å². The van der Waals surface area contributed by atoms with Crippen molar-refractivity contribution in [1.29, 1.82) is 0 Å². The van der Waals surface area contributed by atoms with Gasteiger partial charge < -0.3 is 15.4 Å². The lowest BCUT2D eigenvalue weighted by molar-refractivity contribution is -0.153. The Morgan fingerprint density at radius 1 is 0.638 bits per heavy atom. The van der Waals surface area contributed by atoms with Gasteiger partial charge in [0.2, 0.25) is 11.8 Å². The zero-order chi connectivity index (χ0) is 33.3. The van der Waals surface area contributed by atoms with Crippen molar-refractivity contribution in [1.82, 2.24) is 10.6 Å². The molecule has 0 aromatic heterocycles. The number of rotatable bonds is 7. The van der Waals surface area contributed by atoms with Gasteiger partial charge in [-0.05, 0) is 63.3 Å². The Morgan fingerprint density at radius 3 is 1.38 bits per heavy atom. The minimum absolute atomic E-state index is 0.0825.